The van der Waals surface area contributed by atoms with Crippen LogP contribution < -0.4 is 5.32 Å². The Bertz CT molecular complexity index is 600. The van der Waals surface area contributed by atoms with E-state index in [1.165, 1.54) is 4.90 Å². The predicted octanol–water partition coefficient (Wildman–Crippen LogP) is 1.31. The number of urea groups is 1. The molecule has 2 fully saturated rings. The molecular weight excluding hydrogens is 306 g/mol. The maximum Gasteiger partial charge on any atom is 0.325 e. The standard InChI is InChI=1S/C17H27N5O2/c1-13(2)22-15(23)17(3,19-16(22)24)14-6-4-8-20(12-14)10-11-21-9-5-7-18-21/h5,7,9,13-14H,4,6,8,10-12H2,1-3H3,(H,19,24)/t14-,17+/m0/s1. The fourth-order valence-corrected chi connectivity index (χ4v) is 3.83. The summed E-state index contributed by atoms with van der Waals surface area (Å²) in [6.45, 7) is 9.25. The molecule has 24 heavy (non-hydrogen) atoms. The number of carbonyl (C=O) groups excluding carboxylic acids is 2. The highest BCUT2D eigenvalue weighted by atomic mass is 16.2. The maximum absolute atomic E-state index is 12.8. The number of imide groups is 1. The van der Waals surface area contributed by atoms with Crippen LogP contribution in [-0.4, -0.2) is 62.7 Å². The van der Waals surface area contributed by atoms with E-state index in [0.717, 1.165) is 39.0 Å². The molecule has 7 heteroatoms. The molecule has 3 amide bonds. The van der Waals surface area contributed by atoms with E-state index in [-0.39, 0.29) is 23.9 Å². The van der Waals surface area contributed by atoms with E-state index in [2.05, 4.69) is 15.3 Å². The lowest BCUT2D eigenvalue weighted by Gasteiger charge is -2.40. The zero-order valence-corrected chi connectivity index (χ0v) is 14.7. The lowest BCUT2D eigenvalue weighted by atomic mass is 9.80. The number of piperidine rings is 1. The molecule has 7 nitrogen and oxygen atoms in total. The molecule has 3 heterocycles. The van der Waals surface area contributed by atoms with Crippen molar-refractivity contribution in [2.24, 2.45) is 5.92 Å². The van der Waals surface area contributed by atoms with E-state index in [0.29, 0.717) is 0 Å². The van der Waals surface area contributed by atoms with E-state index in [9.17, 15) is 9.59 Å². The van der Waals surface area contributed by atoms with Gasteiger partial charge in [-0.05, 0) is 46.2 Å². The van der Waals surface area contributed by atoms with Crippen molar-refractivity contribution in [1.29, 1.82) is 0 Å². The molecule has 0 aliphatic carbocycles. The van der Waals surface area contributed by atoms with Gasteiger partial charge in [-0.15, -0.1) is 0 Å². The summed E-state index contributed by atoms with van der Waals surface area (Å²) in [6.07, 6.45) is 5.76. The quantitative estimate of drug-likeness (QED) is 0.825. The highest BCUT2D eigenvalue weighted by molar-refractivity contribution is 6.07. The molecule has 3 rings (SSSR count). The molecule has 0 bridgehead atoms. The Morgan fingerprint density at radius 1 is 1.38 bits per heavy atom. The number of nitrogens with one attached hydrogen (secondary N) is 1. The number of hydrogen-bond donors (Lipinski definition) is 1. The van der Waals surface area contributed by atoms with Gasteiger partial charge in [-0.2, -0.15) is 5.10 Å². The van der Waals surface area contributed by atoms with Gasteiger partial charge in [0.25, 0.3) is 5.91 Å². The first-order chi connectivity index (χ1) is 11.4. The SMILES string of the molecule is CC(C)N1C(=O)N[C@](C)([C@H]2CCCN(CCn3cccn3)C2)C1=O. The van der Waals surface area contributed by atoms with Crippen LogP contribution in [-0.2, 0) is 11.3 Å². The van der Waals surface area contributed by atoms with Crippen molar-refractivity contribution in [3.63, 3.8) is 0 Å². The van der Waals surface area contributed by atoms with E-state index < -0.39 is 5.54 Å². The van der Waals surface area contributed by atoms with Crippen LogP contribution in [0.15, 0.2) is 18.5 Å². The average molecular weight is 333 g/mol. The molecule has 0 spiro atoms. The van der Waals surface area contributed by atoms with E-state index in [1.807, 2.05) is 37.7 Å². The molecule has 2 saturated heterocycles. The summed E-state index contributed by atoms with van der Waals surface area (Å²) in [5, 5.41) is 7.20. The minimum absolute atomic E-state index is 0.0820. The molecule has 0 radical (unpaired) electrons. The Kier molecular flexibility index (Phi) is 4.62. The molecule has 1 N–H and O–H groups in total. The summed E-state index contributed by atoms with van der Waals surface area (Å²) in [4.78, 5) is 28.8. The van der Waals surface area contributed by atoms with Gasteiger partial charge < -0.3 is 10.2 Å². The van der Waals surface area contributed by atoms with Gasteiger partial charge in [0.15, 0.2) is 0 Å². The first kappa shape index (κ1) is 17.0. The Labute approximate surface area is 143 Å². The third kappa shape index (κ3) is 3.05. The number of nitrogens with zero attached hydrogens (tertiary/aromatic N) is 4. The Morgan fingerprint density at radius 3 is 2.79 bits per heavy atom. The van der Waals surface area contributed by atoms with Gasteiger partial charge in [0.1, 0.15) is 5.54 Å². The van der Waals surface area contributed by atoms with Crippen LogP contribution in [0.2, 0.25) is 0 Å². The van der Waals surface area contributed by atoms with E-state index in [4.69, 9.17) is 0 Å². The molecule has 0 unspecified atom stereocenters. The fraction of sp³-hybridized carbons (Fsp3) is 0.706. The third-order valence-corrected chi connectivity index (χ3v) is 5.29. The van der Waals surface area contributed by atoms with Crippen LogP contribution in [0, 0.1) is 5.92 Å². The van der Waals surface area contributed by atoms with Gasteiger partial charge in [0, 0.05) is 37.4 Å². The summed E-state index contributed by atoms with van der Waals surface area (Å²) in [5.41, 5.74) is -0.786. The van der Waals surface area contributed by atoms with Gasteiger partial charge >= 0.3 is 6.03 Å². The Balaban J connectivity index is 1.65. The highest BCUT2D eigenvalue weighted by Gasteiger charge is 2.53. The van der Waals surface area contributed by atoms with Gasteiger partial charge in [0.2, 0.25) is 0 Å². The molecule has 2 aliphatic heterocycles. The maximum atomic E-state index is 12.8. The Morgan fingerprint density at radius 2 is 2.17 bits per heavy atom. The molecule has 0 saturated carbocycles. The number of hydrogen-bond acceptors (Lipinski definition) is 4. The van der Waals surface area contributed by atoms with Gasteiger partial charge in [-0.25, -0.2) is 4.79 Å². The van der Waals surface area contributed by atoms with Crippen molar-refractivity contribution in [3.05, 3.63) is 18.5 Å². The van der Waals surface area contributed by atoms with E-state index >= 15 is 0 Å². The second-order valence-electron chi connectivity index (χ2n) is 7.31. The van der Waals surface area contributed by atoms with Gasteiger partial charge in [0.05, 0.1) is 6.54 Å². The number of amides is 3. The average Bonchev–Trinajstić information content (AvgIpc) is 3.13. The lowest BCUT2D eigenvalue weighted by molar-refractivity contribution is -0.134. The second-order valence-corrected chi connectivity index (χ2v) is 7.31. The highest BCUT2D eigenvalue weighted by Crippen LogP contribution is 2.33. The number of aromatic nitrogens is 2. The van der Waals surface area contributed by atoms with Crippen LogP contribution in [0.3, 0.4) is 0 Å². The largest absolute Gasteiger partial charge is 0.325 e. The molecule has 2 aliphatic rings. The molecule has 132 valence electrons. The molecule has 1 aromatic heterocycles. The summed E-state index contributed by atoms with van der Waals surface area (Å²) >= 11 is 0. The molecule has 0 aromatic carbocycles. The first-order valence-electron chi connectivity index (χ1n) is 8.77. The number of likely N-dealkylation sites (tertiary alicyclic amines) is 1. The van der Waals surface area contributed by atoms with Crippen molar-refractivity contribution in [1.82, 2.24) is 24.9 Å². The van der Waals surface area contributed by atoms with Crippen molar-refractivity contribution in [3.8, 4) is 0 Å². The smallest absolute Gasteiger partial charge is 0.323 e. The zero-order valence-electron chi connectivity index (χ0n) is 14.7. The topological polar surface area (TPSA) is 70.5 Å². The summed E-state index contributed by atoms with van der Waals surface area (Å²) < 4.78 is 1.92. The lowest BCUT2D eigenvalue weighted by Crippen LogP contribution is -2.56. The molecule has 2 atom stereocenters. The monoisotopic (exact) mass is 333 g/mol. The predicted molar refractivity (Wildman–Crippen MR) is 90.3 cm³/mol. The van der Waals surface area contributed by atoms with Crippen LogP contribution in [0.4, 0.5) is 4.79 Å². The van der Waals surface area contributed by atoms with Crippen molar-refractivity contribution in [2.45, 2.75) is 51.7 Å². The van der Waals surface area contributed by atoms with E-state index in [1.54, 1.807) is 6.20 Å². The minimum Gasteiger partial charge on any atom is -0.323 e. The molecule has 1 aromatic rings. The molecular formula is C17H27N5O2. The zero-order chi connectivity index (χ0) is 17.3. The van der Waals surface area contributed by atoms with Crippen LogP contribution >= 0.6 is 0 Å². The van der Waals surface area contributed by atoms with Crippen LogP contribution in [0.1, 0.15) is 33.6 Å². The van der Waals surface area contributed by atoms with Crippen LogP contribution in [0.25, 0.3) is 0 Å². The summed E-state index contributed by atoms with van der Waals surface area (Å²) in [5.74, 6) is 0.0606. The number of rotatable bonds is 5. The van der Waals surface area contributed by atoms with Crippen molar-refractivity contribution in [2.75, 3.05) is 19.6 Å². The van der Waals surface area contributed by atoms with Gasteiger partial charge in [-0.3, -0.25) is 14.4 Å². The van der Waals surface area contributed by atoms with Gasteiger partial charge in [-0.1, -0.05) is 0 Å². The van der Waals surface area contributed by atoms with Crippen molar-refractivity contribution < 1.29 is 9.59 Å². The summed E-state index contributed by atoms with van der Waals surface area (Å²) in [6, 6.07) is 1.55. The third-order valence-electron chi connectivity index (χ3n) is 5.29. The second kappa shape index (κ2) is 6.55. The summed E-state index contributed by atoms with van der Waals surface area (Å²) in [7, 11) is 0. The first-order valence-corrected chi connectivity index (χ1v) is 8.77. The van der Waals surface area contributed by atoms with Crippen molar-refractivity contribution >= 4 is 11.9 Å². The fourth-order valence-electron chi connectivity index (χ4n) is 3.83. The Hall–Kier alpha value is -1.89. The number of carbonyl (C=O) groups is 2. The minimum atomic E-state index is -0.786. The van der Waals surface area contributed by atoms with Crippen LogP contribution in [0.5, 0.6) is 0 Å². The normalized spacial score (nSPS) is 28.7.